The van der Waals surface area contributed by atoms with Crippen LogP contribution in [0.3, 0.4) is 0 Å². The lowest BCUT2D eigenvalue weighted by atomic mass is 9.79. The molecule has 0 bridgehead atoms. The van der Waals surface area contributed by atoms with Crippen LogP contribution in [0.2, 0.25) is 0 Å². The molecule has 0 radical (unpaired) electrons. The van der Waals surface area contributed by atoms with Crippen LogP contribution in [0.15, 0.2) is 42.6 Å². The van der Waals surface area contributed by atoms with Crippen molar-refractivity contribution in [3.63, 3.8) is 0 Å². The number of pyridine rings is 1. The van der Waals surface area contributed by atoms with E-state index in [2.05, 4.69) is 22.2 Å². The van der Waals surface area contributed by atoms with E-state index in [-0.39, 0.29) is 17.4 Å². The van der Waals surface area contributed by atoms with Gasteiger partial charge in [-0.1, -0.05) is 12.1 Å². The summed E-state index contributed by atoms with van der Waals surface area (Å²) in [6.45, 7) is 3.54. The molecule has 2 saturated heterocycles. The molecule has 27 heavy (non-hydrogen) atoms. The van der Waals surface area contributed by atoms with E-state index in [4.69, 9.17) is 0 Å². The second kappa shape index (κ2) is 5.79. The molecule has 2 aromatic rings. The third-order valence-electron chi connectivity index (χ3n) is 5.75. The lowest BCUT2D eigenvalue weighted by Gasteiger charge is -2.46. The third kappa shape index (κ3) is 2.49. The first-order chi connectivity index (χ1) is 13.1. The van der Waals surface area contributed by atoms with Crippen LogP contribution in [0, 0.1) is 5.41 Å². The molecule has 3 amide bonds. The molecule has 1 N–H and O–H groups in total. The molecule has 4 heterocycles. The van der Waals surface area contributed by atoms with Crippen molar-refractivity contribution in [3.05, 3.63) is 48.2 Å². The Labute approximate surface area is 157 Å². The average Bonchev–Trinajstić information content (AvgIpc) is 3.03. The smallest absolute Gasteiger partial charge is 0.323 e. The Bertz CT molecular complexity index is 937. The molecule has 0 aliphatic carbocycles. The molecule has 0 saturated carbocycles. The van der Waals surface area contributed by atoms with Gasteiger partial charge in [0.2, 0.25) is 0 Å². The molecule has 7 nitrogen and oxygen atoms in total. The van der Waals surface area contributed by atoms with E-state index in [1.54, 1.807) is 41.4 Å². The summed E-state index contributed by atoms with van der Waals surface area (Å²) >= 11 is 0. The third-order valence-corrected chi connectivity index (χ3v) is 5.75. The van der Waals surface area contributed by atoms with E-state index in [0.29, 0.717) is 22.8 Å². The summed E-state index contributed by atoms with van der Waals surface area (Å²) in [5, 5.41) is 2.88. The normalized spacial score (nSPS) is 20.6. The van der Waals surface area contributed by atoms with E-state index >= 15 is 0 Å². The van der Waals surface area contributed by atoms with Crippen LogP contribution in [0.5, 0.6) is 0 Å². The number of carbonyl (C=O) groups is 2. The number of nitrogens with one attached hydrogen (secondary N) is 1. The second-order valence-electron chi connectivity index (χ2n) is 7.81. The van der Waals surface area contributed by atoms with Gasteiger partial charge in [0.05, 0.1) is 16.9 Å². The minimum atomic E-state index is -0.228. The molecular formula is C20H21N5O2. The number of nitrogens with zero attached hydrogens (tertiary/aromatic N) is 4. The maximum atomic E-state index is 13.6. The largest absolute Gasteiger partial charge is 0.330 e. The standard InChI is InChI=1S/C20H21N5O2/c1-23-11-20(12-23)8-10-24(13-20)19(27)25-16-7-3-2-5-14(16)18(26)22-15-6-4-9-21-17(15)25/h2-7,9H,8,10-13H2,1H3,(H,22,26). The highest BCUT2D eigenvalue weighted by molar-refractivity contribution is 6.16. The lowest BCUT2D eigenvalue weighted by molar-refractivity contribution is 0.0339. The van der Waals surface area contributed by atoms with Crippen LogP contribution in [-0.2, 0) is 0 Å². The van der Waals surface area contributed by atoms with Crippen LogP contribution in [0.4, 0.5) is 22.0 Å². The van der Waals surface area contributed by atoms with Gasteiger partial charge in [0, 0.05) is 37.8 Å². The summed E-state index contributed by atoms with van der Waals surface area (Å²) in [6, 6.07) is 10.6. The van der Waals surface area contributed by atoms with Crippen molar-refractivity contribution >= 4 is 29.1 Å². The van der Waals surface area contributed by atoms with Crippen molar-refractivity contribution in [3.8, 4) is 0 Å². The summed E-state index contributed by atoms with van der Waals surface area (Å²) in [4.78, 5) is 36.4. The van der Waals surface area contributed by atoms with Gasteiger partial charge >= 0.3 is 6.03 Å². The number of anilines is 3. The van der Waals surface area contributed by atoms with E-state index < -0.39 is 0 Å². The molecular weight excluding hydrogens is 342 g/mol. The number of hydrogen-bond acceptors (Lipinski definition) is 4. The van der Waals surface area contributed by atoms with Crippen molar-refractivity contribution < 1.29 is 9.59 Å². The summed E-state index contributed by atoms with van der Waals surface area (Å²) in [7, 11) is 2.11. The number of aromatic nitrogens is 1. The molecule has 3 aliphatic heterocycles. The predicted octanol–water partition coefficient (Wildman–Crippen LogP) is 2.54. The van der Waals surface area contributed by atoms with Gasteiger partial charge in [-0.15, -0.1) is 0 Å². The Morgan fingerprint density at radius 2 is 1.96 bits per heavy atom. The van der Waals surface area contributed by atoms with E-state index in [1.165, 1.54) is 0 Å². The van der Waals surface area contributed by atoms with Gasteiger partial charge in [-0.3, -0.25) is 4.79 Å². The Morgan fingerprint density at radius 1 is 1.15 bits per heavy atom. The molecule has 0 unspecified atom stereocenters. The zero-order chi connectivity index (χ0) is 18.6. The highest BCUT2D eigenvalue weighted by Gasteiger charge is 2.48. The topological polar surface area (TPSA) is 68.8 Å². The van der Waals surface area contributed by atoms with Crippen molar-refractivity contribution in [1.29, 1.82) is 0 Å². The maximum absolute atomic E-state index is 13.6. The molecule has 1 spiro atoms. The maximum Gasteiger partial charge on any atom is 0.330 e. The van der Waals surface area contributed by atoms with Gasteiger partial charge in [-0.25, -0.2) is 14.7 Å². The summed E-state index contributed by atoms with van der Waals surface area (Å²) in [6.07, 6.45) is 2.66. The van der Waals surface area contributed by atoms with Crippen LogP contribution in [-0.4, -0.2) is 59.9 Å². The number of carbonyl (C=O) groups excluding carboxylic acids is 2. The SMILES string of the molecule is CN1CC2(CCN(C(=O)N3c4ccccc4C(=O)Nc4cccnc43)C2)C1. The number of benzene rings is 1. The van der Waals surface area contributed by atoms with Crippen molar-refractivity contribution in [1.82, 2.24) is 14.8 Å². The van der Waals surface area contributed by atoms with Gasteiger partial charge in [-0.2, -0.15) is 0 Å². The summed E-state index contributed by atoms with van der Waals surface area (Å²) in [5.41, 5.74) is 1.81. The fourth-order valence-corrected chi connectivity index (χ4v) is 4.63. The number of likely N-dealkylation sites (tertiary alicyclic amines) is 2. The monoisotopic (exact) mass is 363 g/mol. The minimum absolute atomic E-state index is 0.120. The van der Waals surface area contributed by atoms with Gasteiger partial charge in [-0.05, 0) is 37.7 Å². The number of urea groups is 1. The first-order valence-electron chi connectivity index (χ1n) is 9.19. The fraction of sp³-hybridized carbons (Fsp3) is 0.350. The molecule has 5 rings (SSSR count). The van der Waals surface area contributed by atoms with Crippen LogP contribution in [0.25, 0.3) is 0 Å². The first-order valence-corrected chi connectivity index (χ1v) is 9.19. The molecule has 2 fully saturated rings. The molecule has 0 atom stereocenters. The fourth-order valence-electron chi connectivity index (χ4n) is 4.63. The number of amides is 3. The Kier molecular flexibility index (Phi) is 3.48. The van der Waals surface area contributed by atoms with Crippen LogP contribution < -0.4 is 10.2 Å². The Morgan fingerprint density at radius 3 is 2.78 bits per heavy atom. The van der Waals surface area contributed by atoms with Gasteiger partial charge in [0.25, 0.3) is 5.91 Å². The van der Waals surface area contributed by atoms with E-state index in [1.807, 2.05) is 11.0 Å². The van der Waals surface area contributed by atoms with Crippen LogP contribution >= 0.6 is 0 Å². The number of hydrogen-bond donors (Lipinski definition) is 1. The summed E-state index contributed by atoms with van der Waals surface area (Å²) < 4.78 is 0. The van der Waals surface area contributed by atoms with Gasteiger partial charge in [0.1, 0.15) is 0 Å². The molecule has 1 aromatic heterocycles. The molecule has 138 valence electrons. The van der Waals surface area contributed by atoms with E-state index in [0.717, 1.165) is 32.6 Å². The lowest BCUT2D eigenvalue weighted by Crippen LogP contribution is -2.56. The predicted molar refractivity (Wildman–Crippen MR) is 102 cm³/mol. The molecule has 1 aromatic carbocycles. The van der Waals surface area contributed by atoms with Gasteiger partial charge in [0.15, 0.2) is 5.82 Å². The second-order valence-corrected chi connectivity index (χ2v) is 7.81. The number of fused-ring (bicyclic) bond motifs is 2. The number of para-hydroxylation sites is 1. The highest BCUT2D eigenvalue weighted by Crippen LogP contribution is 2.41. The zero-order valence-electron chi connectivity index (χ0n) is 15.2. The minimum Gasteiger partial charge on any atom is -0.323 e. The quantitative estimate of drug-likeness (QED) is 0.781. The van der Waals surface area contributed by atoms with Crippen molar-refractivity contribution in [2.45, 2.75) is 6.42 Å². The molecule has 7 heteroatoms. The van der Waals surface area contributed by atoms with Crippen molar-refractivity contribution in [2.24, 2.45) is 5.41 Å². The van der Waals surface area contributed by atoms with Gasteiger partial charge < -0.3 is 15.1 Å². The average molecular weight is 363 g/mol. The highest BCUT2D eigenvalue weighted by atomic mass is 16.2. The van der Waals surface area contributed by atoms with Crippen LogP contribution in [0.1, 0.15) is 16.8 Å². The zero-order valence-corrected chi connectivity index (χ0v) is 15.2. The molecule has 3 aliphatic rings. The Balaban J connectivity index is 1.56. The van der Waals surface area contributed by atoms with E-state index in [9.17, 15) is 9.59 Å². The number of rotatable bonds is 0. The van der Waals surface area contributed by atoms with Crippen molar-refractivity contribution in [2.75, 3.05) is 43.4 Å². The summed E-state index contributed by atoms with van der Waals surface area (Å²) in [5.74, 6) is 0.237. The first kappa shape index (κ1) is 16.3. The Hall–Kier alpha value is -2.93.